The molecule has 28 heavy (non-hydrogen) atoms. The zero-order valence-electron chi connectivity index (χ0n) is 15.8. The van der Waals surface area contributed by atoms with Crippen LogP contribution in [-0.4, -0.2) is 22.9 Å². The van der Waals surface area contributed by atoms with E-state index in [2.05, 4.69) is 10.3 Å². The molecule has 146 valence electrons. The first kappa shape index (κ1) is 19.8. The lowest BCUT2D eigenvalue weighted by Gasteiger charge is -2.20. The Bertz CT molecular complexity index is 904. The Morgan fingerprint density at radius 2 is 1.96 bits per heavy atom. The van der Waals surface area contributed by atoms with E-state index in [1.54, 1.807) is 0 Å². The summed E-state index contributed by atoms with van der Waals surface area (Å²) in [6, 6.07) is 12.5. The Hall–Kier alpha value is -2.93. The third kappa shape index (κ3) is 5.29. The number of ether oxygens (including phenoxy) is 1. The summed E-state index contributed by atoms with van der Waals surface area (Å²) < 4.78 is 10.8. The summed E-state index contributed by atoms with van der Waals surface area (Å²) in [5.74, 6) is -0.316. The Morgan fingerprint density at radius 1 is 1.18 bits per heavy atom. The molecule has 0 aliphatic rings. The van der Waals surface area contributed by atoms with Crippen LogP contribution in [0.3, 0.4) is 0 Å². The second-order valence-electron chi connectivity index (χ2n) is 6.68. The number of hydrogen-bond donors (Lipinski definition) is 1. The lowest BCUT2D eigenvalue weighted by atomic mass is 10.0. The summed E-state index contributed by atoms with van der Waals surface area (Å²) in [6.07, 6.45) is 1.69. The van der Waals surface area contributed by atoms with E-state index in [0.717, 1.165) is 10.4 Å². The van der Waals surface area contributed by atoms with E-state index in [1.165, 1.54) is 17.6 Å². The Morgan fingerprint density at radius 3 is 2.64 bits per heavy atom. The van der Waals surface area contributed by atoms with Crippen molar-refractivity contribution in [1.82, 2.24) is 10.3 Å². The number of carbonyl (C=O) groups excluding carboxylic acids is 2. The molecule has 0 fully saturated rings. The number of rotatable bonds is 8. The van der Waals surface area contributed by atoms with Crippen molar-refractivity contribution in [2.75, 3.05) is 0 Å². The van der Waals surface area contributed by atoms with E-state index < -0.39 is 12.0 Å². The van der Waals surface area contributed by atoms with Crippen molar-refractivity contribution in [3.05, 3.63) is 65.4 Å². The fraction of sp³-hybridized carbons (Fsp3) is 0.286. The zero-order chi connectivity index (χ0) is 19.9. The third-order valence-corrected chi connectivity index (χ3v) is 4.95. The summed E-state index contributed by atoms with van der Waals surface area (Å²) in [7, 11) is 0. The van der Waals surface area contributed by atoms with Crippen molar-refractivity contribution >= 4 is 23.2 Å². The van der Waals surface area contributed by atoms with Gasteiger partial charge >= 0.3 is 5.97 Å². The first-order valence-corrected chi connectivity index (χ1v) is 9.89. The molecule has 0 bridgehead atoms. The standard InChI is InChI=1S/C21H22N2O4S/c1-14(2)19(23-18(24)11-15-7-4-3-5-8-15)21(25)27-13-16-12-26-20(22-16)17-9-6-10-28-17/h3-10,12,14,19H,11,13H2,1-2H3,(H,23,24)/t19-/m0/s1. The molecule has 0 aliphatic carbocycles. The molecule has 0 aliphatic heterocycles. The van der Waals surface area contributed by atoms with E-state index in [-0.39, 0.29) is 24.9 Å². The van der Waals surface area contributed by atoms with Gasteiger partial charge in [-0.25, -0.2) is 9.78 Å². The lowest BCUT2D eigenvalue weighted by Crippen LogP contribution is -2.45. The largest absolute Gasteiger partial charge is 0.458 e. The molecule has 1 aromatic carbocycles. The summed E-state index contributed by atoms with van der Waals surface area (Å²) in [5, 5.41) is 4.71. The summed E-state index contributed by atoms with van der Waals surface area (Å²) in [6.45, 7) is 3.71. The second kappa shape index (κ2) is 9.32. The first-order chi connectivity index (χ1) is 13.5. The molecular weight excluding hydrogens is 376 g/mol. The summed E-state index contributed by atoms with van der Waals surface area (Å²) in [4.78, 5) is 30.0. The quantitative estimate of drug-likeness (QED) is 0.583. The molecule has 0 unspecified atom stereocenters. The number of amides is 1. The molecule has 2 heterocycles. The Labute approximate surface area is 167 Å². The smallest absolute Gasteiger partial charge is 0.329 e. The molecule has 1 atom stereocenters. The highest BCUT2D eigenvalue weighted by molar-refractivity contribution is 7.13. The van der Waals surface area contributed by atoms with Gasteiger partial charge in [0.2, 0.25) is 11.8 Å². The molecule has 1 N–H and O–H groups in total. The number of benzene rings is 1. The average Bonchev–Trinajstić information content (AvgIpc) is 3.36. The minimum absolute atomic E-state index is 0.00845. The SMILES string of the molecule is CC(C)[C@H](NC(=O)Cc1ccccc1)C(=O)OCc1coc(-c2cccs2)n1. The maximum absolute atomic E-state index is 12.5. The molecule has 0 spiro atoms. The maximum Gasteiger partial charge on any atom is 0.329 e. The number of aromatic nitrogens is 1. The lowest BCUT2D eigenvalue weighted by molar-refractivity contribution is -0.150. The number of thiophene rings is 1. The molecule has 0 saturated carbocycles. The number of nitrogens with one attached hydrogen (secondary N) is 1. The summed E-state index contributed by atoms with van der Waals surface area (Å²) >= 11 is 1.52. The number of nitrogens with zero attached hydrogens (tertiary/aromatic N) is 1. The maximum atomic E-state index is 12.5. The van der Waals surface area contributed by atoms with Crippen molar-refractivity contribution in [3.63, 3.8) is 0 Å². The number of hydrogen-bond acceptors (Lipinski definition) is 6. The summed E-state index contributed by atoms with van der Waals surface area (Å²) in [5.41, 5.74) is 1.41. The zero-order valence-corrected chi connectivity index (χ0v) is 16.6. The molecule has 0 saturated heterocycles. The van der Waals surface area contributed by atoms with Crippen LogP contribution >= 0.6 is 11.3 Å². The topological polar surface area (TPSA) is 81.4 Å². The van der Waals surface area contributed by atoms with Crippen LogP contribution in [0.1, 0.15) is 25.1 Å². The van der Waals surface area contributed by atoms with Gasteiger partial charge in [-0.3, -0.25) is 4.79 Å². The van der Waals surface area contributed by atoms with Gasteiger partial charge in [-0.2, -0.15) is 0 Å². The average molecular weight is 398 g/mol. The van der Waals surface area contributed by atoms with E-state index in [1.807, 2.05) is 61.7 Å². The Kier molecular flexibility index (Phi) is 6.60. The molecule has 7 heteroatoms. The Balaban J connectivity index is 1.55. The van der Waals surface area contributed by atoms with E-state index in [9.17, 15) is 9.59 Å². The highest BCUT2D eigenvalue weighted by Gasteiger charge is 2.26. The fourth-order valence-corrected chi connectivity index (χ4v) is 3.28. The van der Waals surface area contributed by atoms with Crippen molar-refractivity contribution in [2.45, 2.75) is 32.9 Å². The highest BCUT2D eigenvalue weighted by atomic mass is 32.1. The van der Waals surface area contributed by atoms with Gasteiger partial charge in [0.1, 0.15) is 24.6 Å². The van der Waals surface area contributed by atoms with Crippen LogP contribution in [0.4, 0.5) is 0 Å². The van der Waals surface area contributed by atoms with Crippen LogP contribution in [0.15, 0.2) is 58.5 Å². The number of oxazole rings is 1. The van der Waals surface area contributed by atoms with Crippen molar-refractivity contribution in [3.8, 4) is 10.8 Å². The van der Waals surface area contributed by atoms with Gasteiger partial charge in [-0.1, -0.05) is 50.2 Å². The predicted octanol–water partition coefficient (Wildman–Crippen LogP) is 3.83. The minimum atomic E-state index is -0.722. The van der Waals surface area contributed by atoms with E-state index in [4.69, 9.17) is 9.15 Å². The molecule has 3 rings (SSSR count). The second-order valence-corrected chi connectivity index (χ2v) is 7.63. The van der Waals surface area contributed by atoms with Crippen LogP contribution in [0.5, 0.6) is 0 Å². The fourth-order valence-electron chi connectivity index (χ4n) is 2.63. The molecule has 1 amide bonds. The van der Waals surface area contributed by atoms with Gasteiger partial charge in [-0.15, -0.1) is 11.3 Å². The first-order valence-electron chi connectivity index (χ1n) is 9.01. The van der Waals surface area contributed by atoms with Crippen molar-refractivity contribution < 1.29 is 18.7 Å². The molecule has 6 nitrogen and oxygen atoms in total. The van der Waals surface area contributed by atoms with E-state index in [0.29, 0.717) is 11.6 Å². The highest BCUT2D eigenvalue weighted by Crippen LogP contribution is 2.23. The van der Waals surface area contributed by atoms with Crippen LogP contribution in [0.25, 0.3) is 10.8 Å². The predicted molar refractivity (Wildman–Crippen MR) is 107 cm³/mol. The van der Waals surface area contributed by atoms with Gasteiger partial charge in [0.15, 0.2) is 0 Å². The van der Waals surface area contributed by atoms with Gasteiger partial charge in [0, 0.05) is 0 Å². The van der Waals surface area contributed by atoms with Crippen LogP contribution in [0, 0.1) is 5.92 Å². The van der Waals surface area contributed by atoms with Crippen molar-refractivity contribution in [2.24, 2.45) is 5.92 Å². The van der Waals surface area contributed by atoms with Gasteiger partial charge < -0.3 is 14.5 Å². The van der Waals surface area contributed by atoms with Crippen LogP contribution in [0.2, 0.25) is 0 Å². The molecule has 0 radical (unpaired) electrons. The van der Waals surface area contributed by atoms with Gasteiger partial charge in [0.05, 0.1) is 11.3 Å². The van der Waals surface area contributed by atoms with Crippen LogP contribution < -0.4 is 5.32 Å². The van der Waals surface area contributed by atoms with Gasteiger partial charge in [0.25, 0.3) is 0 Å². The van der Waals surface area contributed by atoms with E-state index >= 15 is 0 Å². The molecule has 3 aromatic rings. The monoisotopic (exact) mass is 398 g/mol. The van der Waals surface area contributed by atoms with Gasteiger partial charge in [-0.05, 0) is 22.9 Å². The number of carbonyl (C=O) groups is 2. The molecular formula is C21H22N2O4S. The third-order valence-electron chi connectivity index (χ3n) is 4.09. The van der Waals surface area contributed by atoms with Crippen LogP contribution in [-0.2, 0) is 27.4 Å². The molecule has 2 aromatic heterocycles. The normalized spacial score (nSPS) is 12.0. The van der Waals surface area contributed by atoms with Crippen molar-refractivity contribution in [1.29, 1.82) is 0 Å². The minimum Gasteiger partial charge on any atom is -0.458 e. The number of esters is 1.